The van der Waals surface area contributed by atoms with Crippen molar-refractivity contribution in [2.24, 2.45) is 4.99 Å². The molecule has 3 rings (SSSR count). The number of hydrogen-bond donors (Lipinski definition) is 0. The van der Waals surface area contributed by atoms with Crippen LogP contribution in [-0.4, -0.2) is 10.5 Å². The van der Waals surface area contributed by atoms with E-state index in [2.05, 4.69) is 11.1 Å². The van der Waals surface area contributed by atoms with E-state index >= 15 is 0 Å². The van der Waals surface area contributed by atoms with Crippen molar-refractivity contribution in [1.29, 1.82) is 0 Å². The smallest absolute Gasteiger partial charge is 0.279 e. The number of nitrogens with zero attached hydrogens (tertiary/aromatic N) is 2. The van der Waals surface area contributed by atoms with E-state index in [1.165, 1.54) is 35.1 Å². The highest BCUT2D eigenvalue weighted by Gasteiger charge is 2.09. The number of amides is 1. The molecule has 0 saturated carbocycles. The van der Waals surface area contributed by atoms with E-state index in [0.717, 1.165) is 16.8 Å². The molecule has 0 aliphatic carbocycles. The number of carbonyl (C=O) groups excluding carboxylic acids is 1. The lowest BCUT2D eigenvalue weighted by Gasteiger charge is -2.00. The predicted molar refractivity (Wildman–Crippen MR) is 86.5 cm³/mol. The van der Waals surface area contributed by atoms with Gasteiger partial charge >= 0.3 is 0 Å². The minimum absolute atomic E-state index is 0.260. The lowest BCUT2D eigenvalue weighted by atomic mass is 10.2. The second-order valence-electron chi connectivity index (χ2n) is 5.03. The molecule has 0 aliphatic rings. The van der Waals surface area contributed by atoms with Crippen molar-refractivity contribution in [3.05, 3.63) is 64.2 Å². The second kappa shape index (κ2) is 5.85. The zero-order valence-electron chi connectivity index (χ0n) is 12.3. The van der Waals surface area contributed by atoms with Gasteiger partial charge in [-0.05, 0) is 49.7 Å². The van der Waals surface area contributed by atoms with Gasteiger partial charge in [-0.15, -0.1) is 0 Å². The van der Waals surface area contributed by atoms with Gasteiger partial charge in [0.25, 0.3) is 5.91 Å². The van der Waals surface area contributed by atoms with Gasteiger partial charge in [-0.1, -0.05) is 23.5 Å². The number of fused-ring (bicyclic) bond motifs is 1. The fraction of sp³-hybridized carbons (Fsp3) is 0.176. The summed E-state index contributed by atoms with van der Waals surface area (Å²) in [5.41, 5.74) is 2.49. The van der Waals surface area contributed by atoms with E-state index in [9.17, 15) is 9.18 Å². The number of carbonyl (C=O) groups is 1. The predicted octanol–water partition coefficient (Wildman–Crippen LogP) is 3.91. The fourth-order valence-corrected chi connectivity index (χ4v) is 3.53. The second-order valence-corrected chi connectivity index (χ2v) is 6.04. The van der Waals surface area contributed by atoms with Gasteiger partial charge in [0.05, 0.1) is 10.2 Å². The molecule has 5 heteroatoms. The molecule has 0 aliphatic heterocycles. The third-order valence-electron chi connectivity index (χ3n) is 3.42. The molecule has 112 valence electrons. The van der Waals surface area contributed by atoms with Crippen LogP contribution in [0.3, 0.4) is 0 Å². The Kier molecular flexibility index (Phi) is 3.90. The van der Waals surface area contributed by atoms with Crippen molar-refractivity contribution in [2.75, 3.05) is 0 Å². The molecule has 0 N–H and O–H groups in total. The van der Waals surface area contributed by atoms with E-state index in [1.54, 1.807) is 6.07 Å². The van der Waals surface area contributed by atoms with Crippen molar-refractivity contribution in [1.82, 2.24) is 4.57 Å². The highest BCUT2D eigenvalue weighted by molar-refractivity contribution is 7.16. The Hall–Kier alpha value is -2.27. The average molecular weight is 314 g/mol. The van der Waals surface area contributed by atoms with Crippen LogP contribution in [0.15, 0.2) is 47.5 Å². The first-order chi connectivity index (χ1) is 10.6. The molecule has 0 radical (unpaired) electrons. The molecule has 22 heavy (non-hydrogen) atoms. The Morgan fingerprint density at radius 1 is 1.27 bits per heavy atom. The summed E-state index contributed by atoms with van der Waals surface area (Å²) in [6, 6.07) is 11.8. The molecule has 0 spiro atoms. The van der Waals surface area contributed by atoms with Crippen LogP contribution in [0, 0.1) is 12.7 Å². The summed E-state index contributed by atoms with van der Waals surface area (Å²) in [7, 11) is 0. The van der Waals surface area contributed by atoms with E-state index in [0.29, 0.717) is 4.80 Å². The van der Waals surface area contributed by atoms with Gasteiger partial charge in [0.2, 0.25) is 0 Å². The van der Waals surface area contributed by atoms with Crippen LogP contribution in [-0.2, 0) is 6.54 Å². The largest absolute Gasteiger partial charge is 0.317 e. The molecule has 3 aromatic rings. The van der Waals surface area contributed by atoms with Gasteiger partial charge in [-0.25, -0.2) is 4.39 Å². The van der Waals surface area contributed by atoms with E-state index in [4.69, 9.17) is 0 Å². The third kappa shape index (κ3) is 2.72. The maximum atomic E-state index is 13.2. The maximum absolute atomic E-state index is 13.2. The normalized spacial score (nSPS) is 12.0. The molecule has 0 unspecified atom stereocenters. The van der Waals surface area contributed by atoms with Crippen LogP contribution < -0.4 is 4.80 Å². The molecule has 0 fully saturated rings. The minimum atomic E-state index is -0.434. The van der Waals surface area contributed by atoms with Crippen molar-refractivity contribution in [3.8, 4) is 0 Å². The van der Waals surface area contributed by atoms with Crippen molar-refractivity contribution < 1.29 is 9.18 Å². The van der Waals surface area contributed by atoms with Gasteiger partial charge < -0.3 is 4.57 Å². The van der Waals surface area contributed by atoms with Crippen LogP contribution in [0.2, 0.25) is 0 Å². The zero-order valence-corrected chi connectivity index (χ0v) is 13.2. The first-order valence-electron chi connectivity index (χ1n) is 7.03. The number of rotatable bonds is 2. The van der Waals surface area contributed by atoms with Crippen molar-refractivity contribution >= 4 is 27.5 Å². The summed E-state index contributed by atoms with van der Waals surface area (Å²) in [5, 5.41) is 0. The topological polar surface area (TPSA) is 34.4 Å². The number of aromatic nitrogens is 1. The fourth-order valence-electron chi connectivity index (χ4n) is 2.34. The molecule has 3 nitrogen and oxygen atoms in total. The first kappa shape index (κ1) is 14.7. The summed E-state index contributed by atoms with van der Waals surface area (Å²) in [6.45, 7) is 4.76. The molecule has 1 aromatic heterocycles. The Morgan fingerprint density at radius 3 is 2.82 bits per heavy atom. The van der Waals surface area contributed by atoms with Gasteiger partial charge in [-0.3, -0.25) is 4.79 Å². The zero-order chi connectivity index (χ0) is 15.7. The van der Waals surface area contributed by atoms with E-state index < -0.39 is 11.7 Å². The molecule has 2 aromatic carbocycles. The van der Waals surface area contributed by atoms with E-state index in [1.807, 2.05) is 30.5 Å². The SMILES string of the molecule is CCn1c(=NC(=O)c2cccc(F)c2)sc2cc(C)ccc21. The standard InChI is InChI=1S/C17H15FN2OS/c1-3-20-14-8-7-11(2)9-15(14)22-17(20)19-16(21)12-5-4-6-13(18)10-12/h4-10H,3H2,1-2H3. The molecular formula is C17H15FN2OS. The lowest BCUT2D eigenvalue weighted by molar-refractivity contribution is 0.0997. The highest BCUT2D eigenvalue weighted by Crippen LogP contribution is 2.19. The summed E-state index contributed by atoms with van der Waals surface area (Å²) in [6.07, 6.45) is 0. The van der Waals surface area contributed by atoms with Crippen LogP contribution >= 0.6 is 11.3 Å². The van der Waals surface area contributed by atoms with Crippen LogP contribution in [0.25, 0.3) is 10.2 Å². The molecule has 1 amide bonds. The Balaban J connectivity index is 2.14. The van der Waals surface area contributed by atoms with Crippen molar-refractivity contribution in [3.63, 3.8) is 0 Å². The molecule has 0 saturated heterocycles. The number of thiazole rings is 1. The minimum Gasteiger partial charge on any atom is -0.317 e. The molecule has 0 atom stereocenters. The molecule has 0 bridgehead atoms. The lowest BCUT2D eigenvalue weighted by Crippen LogP contribution is -2.15. The first-order valence-corrected chi connectivity index (χ1v) is 7.85. The number of halogens is 1. The average Bonchev–Trinajstić information content (AvgIpc) is 2.83. The number of aryl methyl sites for hydroxylation is 2. The number of hydrogen-bond acceptors (Lipinski definition) is 2. The van der Waals surface area contributed by atoms with Gasteiger partial charge in [0, 0.05) is 12.1 Å². The van der Waals surface area contributed by atoms with Gasteiger partial charge in [0.1, 0.15) is 5.82 Å². The summed E-state index contributed by atoms with van der Waals surface area (Å²) >= 11 is 1.47. The van der Waals surface area contributed by atoms with Crippen molar-refractivity contribution in [2.45, 2.75) is 20.4 Å². The molecule has 1 heterocycles. The maximum Gasteiger partial charge on any atom is 0.279 e. The van der Waals surface area contributed by atoms with Gasteiger partial charge in [0.15, 0.2) is 4.80 Å². The summed E-state index contributed by atoms with van der Waals surface area (Å²) < 4.78 is 16.3. The Bertz CT molecular complexity index is 924. The van der Waals surface area contributed by atoms with E-state index in [-0.39, 0.29) is 5.56 Å². The monoisotopic (exact) mass is 314 g/mol. The Morgan fingerprint density at radius 2 is 2.09 bits per heavy atom. The highest BCUT2D eigenvalue weighted by atomic mass is 32.1. The van der Waals surface area contributed by atoms with Gasteiger partial charge in [-0.2, -0.15) is 4.99 Å². The number of benzene rings is 2. The van der Waals surface area contributed by atoms with Crippen LogP contribution in [0.5, 0.6) is 0 Å². The molecular weight excluding hydrogens is 299 g/mol. The summed E-state index contributed by atoms with van der Waals surface area (Å²) in [4.78, 5) is 17.1. The summed E-state index contributed by atoms with van der Waals surface area (Å²) in [5.74, 6) is -0.860. The Labute approximate surface area is 131 Å². The quantitative estimate of drug-likeness (QED) is 0.706. The van der Waals surface area contributed by atoms with Crippen LogP contribution in [0.1, 0.15) is 22.8 Å². The van der Waals surface area contributed by atoms with Crippen LogP contribution in [0.4, 0.5) is 4.39 Å². The third-order valence-corrected chi connectivity index (χ3v) is 4.46.